The second-order valence-electron chi connectivity index (χ2n) is 6.50. The van der Waals surface area contributed by atoms with E-state index in [9.17, 15) is 4.79 Å². The highest BCUT2D eigenvalue weighted by Crippen LogP contribution is 2.29. The molecule has 3 rings (SSSR count). The van der Waals surface area contributed by atoms with Crippen molar-refractivity contribution >= 4 is 5.91 Å². The molecule has 2 aromatic rings. The lowest BCUT2D eigenvalue weighted by Crippen LogP contribution is -2.57. The molecule has 5 heteroatoms. The van der Waals surface area contributed by atoms with Crippen LogP contribution in [0, 0.1) is 0 Å². The van der Waals surface area contributed by atoms with E-state index in [4.69, 9.17) is 5.21 Å². The van der Waals surface area contributed by atoms with Crippen LogP contribution in [0.3, 0.4) is 0 Å². The number of carbonyl (C=O) groups is 1. The highest BCUT2D eigenvalue weighted by atomic mass is 16.5. The van der Waals surface area contributed by atoms with Crippen molar-refractivity contribution in [1.29, 1.82) is 0 Å². The van der Waals surface area contributed by atoms with Gasteiger partial charge in [0.2, 0.25) is 0 Å². The molecule has 25 heavy (non-hydrogen) atoms. The van der Waals surface area contributed by atoms with Gasteiger partial charge in [-0.3, -0.25) is 15.3 Å². The lowest BCUT2D eigenvalue weighted by Gasteiger charge is -2.36. The first-order valence-corrected chi connectivity index (χ1v) is 8.57. The van der Waals surface area contributed by atoms with Gasteiger partial charge in [-0.2, -0.15) is 0 Å². The third-order valence-electron chi connectivity index (χ3n) is 4.94. The second kappa shape index (κ2) is 8.76. The molecule has 1 aliphatic carbocycles. The summed E-state index contributed by atoms with van der Waals surface area (Å²) in [6.07, 6.45) is 4.69. The number of hydroxylamine groups is 1. The Bertz CT molecular complexity index is 679. The maximum Gasteiger partial charge on any atom is 0.263 e. The molecule has 0 unspecified atom stereocenters. The molecular formula is C20H32N2O3. The van der Waals surface area contributed by atoms with Crippen molar-refractivity contribution in [3.63, 3.8) is 0 Å². The number of rotatable bonds is 5. The topological polar surface area (TPSA) is 92.9 Å². The van der Waals surface area contributed by atoms with E-state index < -0.39 is 5.54 Å². The lowest BCUT2D eigenvalue weighted by atomic mass is 9.81. The number of hydrogen-bond acceptors (Lipinski definition) is 3. The molecule has 0 heterocycles. The molecule has 0 spiro atoms. The predicted molar refractivity (Wildman–Crippen MR) is 104 cm³/mol. The third kappa shape index (κ3) is 4.45. The fourth-order valence-electron chi connectivity index (χ4n) is 3.46. The Morgan fingerprint density at radius 3 is 2.16 bits per heavy atom. The molecule has 0 radical (unpaired) electrons. The van der Waals surface area contributed by atoms with Crippen LogP contribution < -0.4 is 10.8 Å². The maximum atomic E-state index is 12.1. The molecule has 0 bridgehead atoms. The van der Waals surface area contributed by atoms with Crippen LogP contribution in [0.2, 0.25) is 0 Å². The van der Waals surface area contributed by atoms with Crippen molar-refractivity contribution in [3.05, 3.63) is 60.2 Å². The Kier molecular flexibility index (Phi) is 6.70. The average molecular weight is 348 g/mol. The molecule has 1 fully saturated rings. The molecule has 140 valence electrons. The Hall–Kier alpha value is -2.21. The summed E-state index contributed by atoms with van der Waals surface area (Å²) in [6, 6.07) is 18.6. The first-order valence-electron chi connectivity index (χ1n) is 8.57. The number of hydrogen-bond donors (Lipinski definition) is 3. The van der Waals surface area contributed by atoms with Crippen molar-refractivity contribution in [1.82, 2.24) is 10.8 Å². The third-order valence-corrected chi connectivity index (χ3v) is 4.94. The van der Waals surface area contributed by atoms with Crippen molar-refractivity contribution in [3.8, 4) is 11.1 Å². The van der Waals surface area contributed by atoms with Crippen molar-refractivity contribution in [2.45, 2.75) is 44.2 Å². The monoisotopic (exact) mass is 348 g/mol. The number of benzene rings is 2. The van der Waals surface area contributed by atoms with Crippen LogP contribution in [0.5, 0.6) is 0 Å². The number of nitrogens with one attached hydrogen (secondary N) is 2. The van der Waals surface area contributed by atoms with Crippen LogP contribution in [0.1, 0.15) is 41.9 Å². The summed E-state index contributed by atoms with van der Waals surface area (Å²) in [5.41, 5.74) is 4.70. The molecular weight excluding hydrogens is 316 g/mol. The quantitative estimate of drug-likeness (QED) is 0.570. The molecule has 5 N–H and O–H groups in total. The van der Waals surface area contributed by atoms with Crippen LogP contribution in [-0.4, -0.2) is 22.1 Å². The van der Waals surface area contributed by atoms with Crippen LogP contribution >= 0.6 is 0 Å². The van der Waals surface area contributed by atoms with E-state index in [0.29, 0.717) is 6.54 Å². The molecule has 0 aromatic heterocycles. The largest absolute Gasteiger partial charge is 0.412 e. The van der Waals surface area contributed by atoms with Gasteiger partial charge in [-0.05, 0) is 29.5 Å². The summed E-state index contributed by atoms with van der Waals surface area (Å²) in [5.74, 6) is -0.317. The number of carbonyl (C=O) groups excluding carboxylic acids is 1. The van der Waals surface area contributed by atoms with Gasteiger partial charge in [-0.25, -0.2) is 5.48 Å². The van der Waals surface area contributed by atoms with E-state index in [-0.39, 0.29) is 15.7 Å². The van der Waals surface area contributed by atoms with Gasteiger partial charge >= 0.3 is 0 Å². The van der Waals surface area contributed by atoms with Gasteiger partial charge in [0.05, 0.1) is 0 Å². The minimum atomic E-state index is -0.648. The summed E-state index contributed by atoms with van der Waals surface area (Å²) in [4.78, 5) is 12.1. The molecule has 0 saturated heterocycles. The standard InChI is InChI=1S/C20H24N2O2.H2O.3H2/c23-19(22-24)20(13-5-2-6-14-20)21-15-16-9-11-18(12-10-16)17-7-3-1-4-8-17;;;;/h1,3-4,7-12,21,24H,2,5-6,13-15H2,(H,22,23);1H2;3*1H. The molecule has 0 atom stereocenters. The second-order valence-corrected chi connectivity index (χ2v) is 6.50. The molecule has 5 nitrogen and oxygen atoms in total. The zero-order valence-corrected chi connectivity index (χ0v) is 14.3. The highest BCUT2D eigenvalue weighted by Gasteiger charge is 2.38. The van der Waals surface area contributed by atoms with E-state index in [0.717, 1.165) is 37.7 Å². The molecule has 1 aliphatic rings. The Morgan fingerprint density at radius 1 is 0.960 bits per heavy atom. The average Bonchev–Trinajstić information content (AvgIpc) is 2.67. The first-order chi connectivity index (χ1) is 11.7. The first kappa shape index (κ1) is 19.1. The Morgan fingerprint density at radius 2 is 1.56 bits per heavy atom. The summed E-state index contributed by atoms with van der Waals surface area (Å²) < 4.78 is 0. The minimum Gasteiger partial charge on any atom is -0.412 e. The van der Waals surface area contributed by atoms with Gasteiger partial charge in [0.1, 0.15) is 5.54 Å². The van der Waals surface area contributed by atoms with E-state index in [1.165, 1.54) is 11.1 Å². The fraction of sp³-hybridized carbons (Fsp3) is 0.350. The smallest absolute Gasteiger partial charge is 0.263 e. The highest BCUT2D eigenvalue weighted by molar-refractivity contribution is 5.85. The van der Waals surface area contributed by atoms with Gasteiger partial charge in [-0.1, -0.05) is 73.9 Å². The van der Waals surface area contributed by atoms with Crippen LogP contribution in [0.25, 0.3) is 11.1 Å². The van der Waals surface area contributed by atoms with Gasteiger partial charge in [-0.15, -0.1) is 0 Å². The molecule has 2 aromatic carbocycles. The van der Waals surface area contributed by atoms with Crippen LogP contribution in [-0.2, 0) is 11.3 Å². The molecule has 0 aliphatic heterocycles. The lowest BCUT2D eigenvalue weighted by molar-refractivity contribution is -0.137. The Balaban J connectivity index is 0. The van der Waals surface area contributed by atoms with E-state index in [1.807, 2.05) is 23.7 Å². The fourth-order valence-corrected chi connectivity index (χ4v) is 3.46. The van der Waals surface area contributed by atoms with Crippen molar-refractivity contribution in [2.75, 3.05) is 0 Å². The van der Waals surface area contributed by atoms with Crippen molar-refractivity contribution < 1.29 is 19.8 Å². The van der Waals surface area contributed by atoms with Gasteiger partial charge < -0.3 is 5.48 Å². The molecule has 1 amide bonds. The molecule has 1 saturated carbocycles. The zero-order valence-electron chi connectivity index (χ0n) is 14.3. The van der Waals surface area contributed by atoms with Crippen molar-refractivity contribution in [2.24, 2.45) is 0 Å². The summed E-state index contributed by atoms with van der Waals surface area (Å²) in [5, 5.41) is 12.5. The zero-order chi connectivity index (χ0) is 16.8. The minimum absolute atomic E-state index is 0. The maximum absolute atomic E-state index is 12.1. The predicted octanol–water partition coefficient (Wildman–Crippen LogP) is 3.56. The number of amides is 1. The van der Waals surface area contributed by atoms with Gasteiger partial charge in [0, 0.05) is 10.8 Å². The Labute approximate surface area is 152 Å². The van der Waals surface area contributed by atoms with Gasteiger partial charge in [0.25, 0.3) is 5.91 Å². The van der Waals surface area contributed by atoms with Gasteiger partial charge in [0.15, 0.2) is 0 Å². The summed E-state index contributed by atoms with van der Waals surface area (Å²) >= 11 is 0. The van der Waals surface area contributed by atoms with Crippen LogP contribution in [0.15, 0.2) is 54.6 Å². The normalized spacial score (nSPS) is 15.9. The summed E-state index contributed by atoms with van der Waals surface area (Å²) in [6.45, 7) is 0.614. The summed E-state index contributed by atoms with van der Waals surface area (Å²) in [7, 11) is 0. The van der Waals surface area contributed by atoms with E-state index >= 15 is 0 Å². The van der Waals surface area contributed by atoms with Crippen LogP contribution in [0.4, 0.5) is 0 Å². The SMILES string of the molecule is O.O=C(NO)C1(NCc2ccc(-c3ccccc3)cc2)CCCCC1.[HH].[HH].[HH]. The van der Waals surface area contributed by atoms with E-state index in [2.05, 4.69) is 41.7 Å². The van der Waals surface area contributed by atoms with E-state index in [1.54, 1.807) is 0 Å².